The van der Waals surface area contributed by atoms with Gasteiger partial charge in [-0.3, -0.25) is 4.79 Å². The van der Waals surface area contributed by atoms with Crippen LogP contribution in [0.25, 0.3) is 0 Å². The number of ether oxygens (including phenoxy) is 2. The van der Waals surface area contributed by atoms with Crippen LogP contribution in [0.15, 0.2) is 18.2 Å². The van der Waals surface area contributed by atoms with Crippen molar-refractivity contribution in [3.8, 4) is 0 Å². The van der Waals surface area contributed by atoms with Crippen molar-refractivity contribution in [1.29, 1.82) is 0 Å². The molecule has 1 saturated heterocycles. The minimum atomic E-state index is -0.555. The normalized spacial score (nSPS) is 16.0. The van der Waals surface area contributed by atoms with E-state index in [1.165, 1.54) is 19.2 Å². The maximum absolute atomic E-state index is 11.8. The summed E-state index contributed by atoms with van der Waals surface area (Å²) in [6.07, 6.45) is 0. The summed E-state index contributed by atoms with van der Waals surface area (Å²) in [6, 6.07) is 4.61. The zero-order chi connectivity index (χ0) is 15.5. The summed E-state index contributed by atoms with van der Waals surface area (Å²) in [5.41, 5.74) is 0.382. The lowest BCUT2D eigenvalue weighted by Crippen LogP contribution is -2.59. The van der Waals surface area contributed by atoms with Crippen LogP contribution in [-0.4, -0.2) is 44.3 Å². The van der Waals surface area contributed by atoms with Gasteiger partial charge in [0.15, 0.2) is 0 Å². The Morgan fingerprint density at radius 2 is 2.14 bits per heavy atom. The minimum Gasteiger partial charge on any atom is -0.465 e. The Morgan fingerprint density at radius 1 is 1.43 bits per heavy atom. The quantitative estimate of drug-likeness (QED) is 0.805. The van der Waals surface area contributed by atoms with Crippen molar-refractivity contribution in [1.82, 2.24) is 5.32 Å². The molecule has 0 spiro atoms. The number of amides is 1. The number of methoxy groups -OCH3 is 1. The fourth-order valence-corrected chi connectivity index (χ4v) is 2.08. The van der Waals surface area contributed by atoms with Crippen molar-refractivity contribution in [3.63, 3.8) is 0 Å². The maximum Gasteiger partial charge on any atom is 0.339 e. The molecule has 0 saturated carbocycles. The fourth-order valence-electron chi connectivity index (χ4n) is 1.89. The summed E-state index contributed by atoms with van der Waals surface area (Å²) < 4.78 is 10.2. The van der Waals surface area contributed by atoms with Gasteiger partial charge in [-0.25, -0.2) is 4.79 Å². The molecule has 0 bridgehead atoms. The van der Waals surface area contributed by atoms with E-state index in [4.69, 9.17) is 16.3 Å². The van der Waals surface area contributed by atoms with Gasteiger partial charge in [0.1, 0.15) is 6.61 Å². The Bertz CT molecular complexity index is 558. The zero-order valence-corrected chi connectivity index (χ0v) is 12.6. The minimum absolute atomic E-state index is 0.0473. The summed E-state index contributed by atoms with van der Waals surface area (Å²) in [5, 5.41) is 6.01. The van der Waals surface area contributed by atoms with E-state index in [9.17, 15) is 9.59 Å². The lowest BCUT2D eigenvalue weighted by atomic mass is 10.0. The van der Waals surface area contributed by atoms with Crippen molar-refractivity contribution < 1.29 is 19.1 Å². The Kier molecular flexibility index (Phi) is 4.82. The Labute approximate surface area is 127 Å². The van der Waals surface area contributed by atoms with Crippen LogP contribution in [0.4, 0.5) is 5.69 Å². The van der Waals surface area contributed by atoms with Gasteiger partial charge in [-0.05, 0) is 25.1 Å². The number of carbonyl (C=O) groups is 2. The molecule has 1 fully saturated rings. The summed E-state index contributed by atoms with van der Waals surface area (Å²) >= 11 is 5.91. The smallest absolute Gasteiger partial charge is 0.339 e. The van der Waals surface area contributed by atoms with Gasteiger partial charge < -0.3 is 20.1 Å². The molecule has 0 radical (unpaired) electrons. The third-order valence-corrected chi connectivity index (χ3v) is 3.53. The molecular formula is C14H17ClN2O4. The van der Waals surface area contributed by atoms with Crippen LogP contribution in [0, 0.1) is 0 Å². The van der Waals surface area contributed by atoms with E-state index in [-0.39, 0.29) is 28.7 Å². The molecular weight excluding hydrogens is 296 g/mol. The van der Waals surface area contributed by atoms with Crippen LogP contribution in [-0.2, 0) is 14.3 Å². The molecule has 0 atom stereocenters. The van der Waals surface area contributed by atoms with Crippen molar-refractivity contribution in [2.75, 3.05) is 32.1 Å². The second-order valence-electron chi connectivity index (χ2n) is 5.08. The first-order valence-electron chi connectivity index (χ1n) is 6.46. The van der Waals surface area contributed by atoms with Crippen LogP contribution in [0.1, 0.15) is 17.3 Å². The van der Waals surface area contributed by atoms with Crippen LogP contribution >= 0.6 is 11.6 Å². The number of carbonyl (C=O) groups excluding carboxylic acids is 2. The standard InChI is InChI=1S/C14H17ClN2O4/c1-14(7-16-8-14)21-6-12(18)17-9-3-4-11(15)10(5-9)13(19)20-2/h3-5,16H,6-8H2,1-2H3,(H,17,18). The molecule has 0 aromatic heterocycles. The average molecular weight is 313 g/mol. The molecule has 1 aliphatic heterocycles. The summed E-state index contributed by atoms with van der Waals surface area (Å²) in [7, 11) is 1.27. The van der Waals surface area contributed by atoms with Crippen LogP contribution < -0.4 is 10.6 Å². The third kappa shape index (κ3) is 3.93. The maximum atomic E-state index is 11.8. The predicted octanol–water partition coefficient (Wildman–Crippen LogP) is 1.44. The van der Waals surface area contributed by atoms with E-state index in [0.29, 0.717) is 5.69 Å². The molecule has 1 amide bonds. The topological polar surface area (TPSA) is 76.7 Å². The Balaban J connectivity index is 1.95. The van der Waals surface area contributed by atoms with Crippen LogP contribution in [0.3, 0.4) is 0 Å². The van der Waals surface area contributed by atoms with E-state index in [0.717, 1.165) is 13.1 Å². The second-order valence-corrected chi connectivity index (χ2v) is 5.48. The molecule has 1 aromatic carbocycles. The van der Waals surface area contributed by atoms with Gasteiger partial charge in [-0.15, -0.1) is 0 Å². The largest absolute Gasteiger partial charge is 0.465 e. The molecule has 0 aliphatic carbocycles. The molecule has 6 nitrogen and oxygen atoms in total. The SMILES string of the molecule is COC(=O)c1cc(NC(=O)COC2(C)CNC2)ccc1Cl. The first kappa shape index (κ1) is 15.8. The number of rotatable bonds is 5. The van der Waals surface area contributed by atoms with Crippen molar-refractivity contribution in [2.24, 2.45) is 0 Å². The molecule has 2 rings (SSSR count). The van der Waals surface area contributed by atoms with Gasteiger partial charge in [0.05, 0.1) is 23.3 Å². The van der Waals surface area contributed by atoms with E-state index in [1.807, 2.05) is 6.92 Å². The van der Waals surface area contributed by atoms with Crippen LogP contribution in [0.2, 0.25) is 5.02 Å². The highest BCUT2D eigenvalue weighted by Crippen LogP contribution is 2.21. The molecule has 1 heterocycles. The predicted molar refractivity (Wildman–Crippen MR) is 78.6 cm³/mol. The van der Waals surface area contributed by atoms with E-state index < -0.39 is 5.97 Å². The highest BCUT2D eigenvalue weighted by molar-refractivity contribution is 6.33. The number of hydrogen-bond donors (Lipinski definition) is 2. The molecule has 0 unspecified atom stereocenters. The van der Waals surface area contributed by atoms with Gasteiger partial charge in [-0.2, -0.15) is 0 Å². The average Bonchev–Trinajstić information content (AvgIpc) is 2.44. The molecule has 1 aliphatic rings. The van der Waals surface area contributed by atoms with Crippen molar-refractivity contribution >= 4 is 29.2 Å². The monoisotopic (exact) mass is 312 g/mol. The first-order valence-corrected chi connectivity index (χ1v) is 6.84. The van der Waals surface area contributed by atoms with E-state index in [2.05, 4.69) is 15.4 Å². The highest BCUT2D eigenvalue weighted by Gasteiger charge is 2.33. The lowest BCUT2D eigenvalue weighted by molar-refractivity contribution is -0.130. The number of nitrogens with one attached hydrogen (secondary N) is 2. The molecule has 7 heteroatoms. The number of halogens is 1. The zero-order valence-electron chi connectivity index (χ0n) is 11.9. The molecule has 2 N–H and O–H groups in total. The highest BCUT2D eigenvalue weighted by atomic mass is 35.5. The Hall–Kier alpha value is -1.63. The van der Waals surface area contributed by atoms with Gasteiger partial charge >= 0.3 is 5.97 Å². The van der Waals surface area contributed by atoms with E-state index in [1.54, 1.807) is 6.07 Å². The number of esters is 1. The molecule has 114 valence electrons. The number of hydrogen-bond acceptors (Lipinski definition) is 5. The lowest BCUT2D eigenvalue weighted by Gasteiger charge is -2.38. The summed E-state index contributed by atoms with van der Waals surface area (Å²) in [4.78, 5) is 23.4. The van der Waals surface area contributed by atoms with Gasteiger partial charge in [0.2, 0.25) is 5.91 Å². The first-order chi connectivity index (χ1) is 9.93. The van der Waals surface area contributed by atoms with Crippen LogP contribution in [0.5, 0.6) is 0 Å². The summed E-state index contributed by atoms with van der Waals surface area (Å²) in [6.45, 7) is 3.35. The Morgan fingerprint density at radius 3 is 2.71 bits per heavy atom. The third-order valence-electron chi connectivity index (χ3n) is 3.21. The van der Waals surface area contributed by atoms with Crippen molar-refractivity contribution in [2.45, 2.75) is 12.5 Å². The van der Waals surface area contributed by atoms with Gasteiger partial charge in [0, 0.05) is 18.8 Å². The summed E-state index contributed by atoms with van der Waals surface area (Å²) in [5.74, 6) is -0.846. The van der Waals surface area contributed by atoms with Gasteiger partial charge in [0.25, 0.3) is 0 Å². The number of benzene rings is 1. The second kappa shape index (κ2) is 6.43. The van der Waals surface area contributed by atoms with Crippen molar-refractivity contribution in [3.05, 3.63) is 28.8 Å². The van der Waals surface area contributed by atoms with Gasteiger partial charge in [-0.1, -0.05) is 11.6 Å². The fraction of sp³-hybridized carbons (Fsp3) is 0.429. The molecule has 21 heavy (non-hydrogen) atoms. The molecule has 1 aromatic rings. The van der Waals surface area contributed by atoms with E-state index >= 15 is 0 Å². The number of anilines is 1.